The Kier molecular flexibility index (Phi) is 4.98. The number of hydrogen-bond donors (Lipinski definition) is 2. The van der Waals surface area contributed by atoms with E-state index in [9.17, 15) is 19.1 Å². The van der Waals surface area contributed by atoms with E-state index in [1.807, 2.05) is 0 Å². The van der Waals surface area contributed by atoms with E-state index in [1.165, 1.54) is 13.3 Å². The summed E-state index contributed by atoms with van der Waals surface area (Å²) in [6.07, 6.45) is 5.38. The van der Waals surface area contributed by atoms with Gasteiger partial charge in [0.05, 0.1) is 0 Å². The SMILES string of the molecule is CC(C(=O)C(C)(Br)P(=O)(O)O)C1CCCCC1. The second-order valence-corrected chi connectivity index (χ2v) is 9.23. The van der Waals surface area contributed by atoms with Gasteiger partial charge in [-0.15, -0.1) is 0 Å². The van der Waals surface area contributed by atoms with Crippen molar-refractivity contribution in [2.45, 2.75) is 50.0 Å². The molecule has 0 aromatic heterocycles. The monoisotopic (exact) mass is 326 g/mol. The Morgan fingerprint density at radius 2 is 1.82 bits per heavy atom. The molecule has 4 nitrogen and oxygen atoms in total. The van der Waals surface area contributed by atoms with Crippen molar-refractivity contribution in [3.63, 3.8) is 0 Å². The number of carbonyl (C=O) groups excluding carboxylic acids is 1. The van der Waals surface area contributed by atoms with Crippen LogP contribution in [0.2, 0.25) is 0 Å². The number of ketones is 1. The molecule has 0 aromatic rings. The molecular formula is C11H20BrO4P. The van der Waals surface area contributed by atoms with E-state index in [0.29, 0.717) is 0 Å². The molecule has 2 N–H and O–H groups in total. The van der Waals surface area contributed by atoms with E-state index in [0.717, 1.165) is 25.7 Å². The first kappa shape index (κ1) is 15.4. The van der Waals surface area contributed by atoms with Gasteiger partial charge in [-0.1, -0.05) is 42.1 Å². The van der Waals surface area contributed by atoms with Crippen LogP contribution in [0.15, 0.2) is 0 Å². The van der Waals surface area contributed by atoms with Gasteiger partial charge in [0.2, 0.25) is 0 Å². The third-order valence-electron chi connectivity index (χ3n) is 3.77. The summed E-state index contributed by atoms with van der Waals surface area (Å²) in [6.45, 7) is 3.06. The lowest BCUT2D eigenvalue weighted by atomic mass is 9.78. The van der Waals surface area contributed by atoms with Crippen molar-refractivity contribution in [1.29, 1.82) is 0 Å². The van der Waals surface area contributed by atoms with Gasteiger partial charge in [0.1, 0.15) is 0 Å². The third-order valence-corrected chi connectivity index (χ3v) is 6.86. The van der Waals surface area contributed by atoms with Gasteiger partial charge in [-0.25, -0.2) is 0 Å². The Hall–Kier alpha value is 0.300. The number of Topliss-reactive ketones (excluding diaryl/α,β-unsaturated/α-hetero) is 1. The molecule has 17 heavy (non-hydrogen) atoms. The summed E-state index contributed by atoms with van der Waals surface area (Å²) in [4.78, 5) is 30.6. The maximum absolute atomic E-state index is 12.2. The largest absolute Gasteiger partial charge is 0.349 e. The Balaban J connectivity index is 2.78. The van der Waals surface area contributed by atoms with Crippen molar-refractivity contribution in [1.82, 2.24) is 0 Å². The smallest absolute Gasteiger partial charge is 0.323 e. The molecule has 1 saturated carbocycles. The molecular weight excluding hydrogens is 307 g/mol. The van der Waals surface area contributed by atoms with Crippen LogP contribution in [-0.4, -0.2) is 19.6 Å². The predicted octanol–water partition coefficient (Wildman–Crippen LogP) is 3.06. The van der Waals surface area contributed by atoms with E-state index in [1.54, 1.807) is 6.92 Å². The highest BCUT2D eigenvalue weighted by molar-refractivity contribution is 9.11. The second kappa shape index (κ2) is 5.52. The van der Waals surface area contributed by atoms with Gasteiger partial charge in [-0.2, -0.15) is 0 Å². The van der Waals surface area contributed by atoms with E-state index < -0.39 is 11.7 Å². The first-order valence-electron chi connectivity index (χ1n) is 5.97. The molecule has 0 heterocycles. The summed E-state index contributed by atoms with van der Waals surface area (Å²) in [5.74, 6) is -0.412. The molecule has 0 spiro atoms. The fraction of sp³-hybridized carbons (Fsp3) is 0.909. The molecule has 1 aliphatic carbocycles. The van der Waals surface area contributed by atoms with E-state index >= 15 is 0 Å². The summed E-state index contributed by atoms with van der Waals surface area (Å²) in [6, 6.07) is 0. The van der Waals surface area contributed by atoms with Crippen molar-refractivity contribution < 1.29 is 19.1 Å². The highest BCUT2D eigenvalue weighted by Gasteiger charge is 2.49. The first-order chi connectivity index (χ1) is 7.68. The predicted molar refractivity (Wildman–Crippen MR) is 70.1 cm³/mol. The van der Waals surface area contributed by atoms with Crippen LogP contribution in [0.1, 0.15) is 46.0 Å². The molecule has 1 fully saturated rings. The zero-order valence-corrected chi connectivity index (χ0v) is 12.7. The van der Waals surface area contributed by atoms with Crippen LogP contribution in [0.5, 0.6) is 0 Å². The van der Waals surface area contributed by atoms with Crippen LogP contribution < -0.4 is 0 Å². The molecule has 100 valence electrons. The molecule has 0 bridgehead atoms. The van der Waals surface area contributed by atoms with Gasteiger partial charge in [-0.05, 0) is 25.7 Å². The topological polar surface area (TPSA) is 74.6 Å². The normalized spacial score (nSPS) is 24.1. The van der Waals surface area contributed by atoms with Crippen molar-refractivity contribution in [3.05, 3.63) is 0 Å². The lowest BCUT2D eigenvalue weighted by molar-refractivity contribution is -0.124. The average Bonchev–Trinajstić information content (AvgIpc) is 2.26. The maximum atomic E-state index is 12.2. The van der Waals surface area contributed by atoms with Gasteiger partial charge >= 0.3 is 7.60 Å². The van der Waals surface area contributed by atoms with Gasteiger partial charge < -0.3 is 9.79 Å². The van der Waals surface area contributed by atoms with Crippen LogP contribution in [0.25, 0.3) is 0 Å². The fourth-order valence-electron chi connectivity index (χ4n) is 2.41. The van der Waals surface area contributed by atoms with E-state index in [4.69, 9.17) is 0 Å². The summed E-state index contributed by atoms with van der Waals surface area (Å²) in [7, 11) is -4.46. The lowest BCUT2D eigenvalue weighted by Crippen LogP contribution is -2.37. The number of alkyl halides is 1. The lowest BCUT2D eigenvalue weighted by Gasteiger charge is -2.31. The molecule has 0 saturated heterocycles. The van der Waals surface area contributed by atoms with Gasteiger partial charge in [0.25, 0.3) is 0 Å². The van der Waals surface area contributed by atoms with Crippen molar-refractivity contribution in [3.8, 4) is 0 Å². The Bertz CT molecular complexity index is 330. The van der Waals surface area contributed by atoms with Gasteiger partial charge in [0.15, 0.2) is 9.85 Å². The Labute approximate surface area is 110 Å². The minimum Gasteiger partial charge on any atom is -0.323 e. The highest BCUT2D eigenvalue weighted by Crippen LogP contribution is 2.56. The number of carbonyl (C=O) groups is 1. The van der Waals surface area contributed by atoms with Crippen LogP contribution >= 0.6 is 23.5 Å². The number of hydrogen-bond acceptors (Lipinski definition) is 2. The number of halogens is 1. The van der Waals surface area contributed by atoms with E-state index in [2.05, 4.69) is 15.9 Å². The Morgan fingerprint density at radius 3 is 2.24 bits per heavy atom. The zero-order chi connectivity index (χ0) is 13.3. The van der Waals surface area contributed by atoms with Crippen molar-refractivity contribution in [2.24, 2.45) is 11.8 Å². The maximum Gasteiger partial charge on any atom is 0.349 e. The molecule has 0 aromatic carbocycles. The van der Waals surface area contributed by atoms with Gasteiger partial charge in [-0.3, -0.25) is 9.36 Å². The van der Waals surface area contributed by atoms with Crippen molar-refractivity contribution in [2.75, 3.05) is 0 Å². The molecule has 0 radical (unpaired) electrons. The average molecular weight is 327 g/mol. The second-order valence-electron chi connectivity index (χ2n) is 5.05. The van der Waals surface area contributed by atoms with Crippen LogP contribution in [0.4, 0.5) is 0 Å². The fourth-order valence-corrected chi connectivity index (χ4v) is 3.26. The summed E-state index contributed by atoms with van der Waals surface area (Å²) in [5, 5.41) is 0. The number of rotatable bonds is 4. The molecule has 1 aliphatic rings. The molecule has 0 amide bonds. The van der Waals surface area contributed by atoms with Crippen LogP contribution in [0.3, 0.4) is 0 Å². The third kappa shape index (κ3) is 3.40. The summed E-state index contributed by atoms with van der Waals surface area (Å²) < 4.78 is 9.57. The van der Waals surface area contributed by atoms with E-state index in [-0.39, 0.29) is 17.6 Å². The minimum absolute atomic E-state index is 0.264. The molecule has 2 unspecified atom stereocenters. The summed E-state index contributed by atoms with van der Waals surface area (Å²) >= 11 is 2.92. The zero-order valence-electron chi connectivity index (χ0n) is 10.2. The molecule has 6 heteroatoms. The van der Waals surface area contributed by atoms with Gasteiger partial charge in [0, 0.05) is 5.92 Å². The quantitative estimate of drug-likeness (QED) is 0.615. The molecule has 0 aliphatic heterocycles. The standard InChI is InChI=1S/C11H20BrO4P/c1-8(9-6-4-3-5-7-9)10(13)11(2,12)17(14,15)16/h8-9H,3-7H2,1-2H3,(H2,14,15,16). The Morgan fingerprint density at radius 1 is 1.35 bits per heavy atom. The van der Waals surface area contributed by atoms with Crippen LogP contribution in [0, 0.1) is 11.8 Å². The molecule has 2 atom stereocenters. The van der Waals surface area contributed by atoms with Crippen molar-refractivity contribution >= 4 is 29.3 Å². The van der Waals surface area contributed by atoms with Crippen LogP contribution in [-0.2, 0) is 9.36 Å². The minimum atomic E-state index is -4.46. The molecule has 1 rings (SSSR count). The first-order valence-corrected chi connectivity index (χ1v) is 8.37. The summed E-state index contributed by atoms with van der Waals surface area (Å²) in [5.41, 5.74) is 0. The highest BCUT2D eigenvalue weighted by atomic mass is 79.9.